The van der Waals surface area contributed by atoms with E-state index < -0.39 is 0 Å². The van der Waals surface area contributed by atoms with Crippen molar-refractivity contribution in [1.29, 1.82) is 0 Å². The lowest BCUT2D eigenvalue weighted by Crippen LogP contribution is -2.36. The molecule has 0 bridgehead atoms. The van der Waals surface area contributed by atoms with Gasteiger partial charge in [0.1, 0.15) is 0 Å². The third-order valence-electron chi connectivity index (χ3n) is 3.23. The van der Waals surface area contributed by atoms with E-state index in [1.54, 1.807) is 0 Å². The number of thiocarbonyl (C=S) groups is 1. The predicted octanol–water partition coefficient (Wildman–Crippen LogP) is 2.15. The minimum atomic E-state index is 0.0552. The summed E-state index contributed by atoms with van der Waals surface area (Å²) in [6.07, 6.45) is 2.27. The van der Waals surface area contributed by atoms with Gasteiger partial charge in [-0.2, -0.15) is 0 Å². The summed E-state index contributed by atoms with van der Waals surface area (Å²) >= 11 is 5.20. The molecule has 0 spiro atoms. The lowest BCUT2D eigenvalue weighted by molar-refractivity contribution is 0.192. The summed E-state index contributed by atoms with van der Waals surface area (Å²) in [5, 5.41) is 9.15. The Hall–Kier alpha value is -0.970. The van der Waals surface area contributed by atoms with Gasteiger partial charge in [0, 0.05) is 19.0 Å². The molecular formula is C15H24N2OS. The summed E-state index contributed by atoms with van der Waals surface area (Å²) < 4.78 is 0. The first-order valence-electron chi connectivity index (χ1n) is 6.86. The first-order chi connectivity index (χ1) is 9.19. The van der Waals surface area contributed by atoms with Crippen LogP contribution in [-0.2, 0) is 0 Å². The minimum absolute atomic E-state index is 0.0552. The lowest BCUT2D eigenvalue weighted by Gasteiger charge is -2.26. The maximum Gasteiger partial charge on any atom is 0.0816 e. The molecule has 1 aromatic carbocycles. The van der Waals surface area contributed by atoms with Crippen molar-refractivity contribution in [1.82, 2.24) is 4.90 Å². The van der Waals surface area contributed by atoms with Gasteiger partial charge in [-0.1, -0.05) is 55.9 Å². The largest absolute Gasteiger partial charge is 0.395 e. The molecule has 0 aliphatic rings. The van der Waals surface area contributed by atoms with Gasteiger partial charge in [0.05, 0.1) is 11.6 Å². The Kier molecular flexibility index (Phi) is 7.63. The molecule has 106 valence electrons. The minimum Gasteiger partial charge on any atom is -0.395 e. The quantitative estimate of drug-likeness (QED) is 0.681. The summed E-state index contributed by atoms with van der Waals surface area (Å²) in [5.41, 5.74) is 7.03. The first-order valence-corrected chi connectivity index (χ1v) is 7.27. The van der Waals surface area contributed by atoms with E-state index in [9.17, 15) is 0 Å². The zero-order valence-corrected chi connectivity index (χ0v) is 12.4. The molecule has 0 radical (unpaired) electrons. The Morgan fingerprint density at radius 3 is 2.53 bits per heavy atom. The number of nitrogens with zero attached hydrogens (tertiary/aromatic N) is 1. The number of unbranched alkanes of at least 4 members (excludes halogenated alkanes) is 1. The van der Waals surface area contributed by atoms with E-state index in [1.807, 2.05) is 18.2 Å². The van der Waals surface area contributed by atoms with E-state index in [4.69, 9.17) is 23.1 Å². The summed E-state index contributed by atoms with van der Waals surface area (Å²) in [7, 11) is 0. The normalized spacial score (nSPS) is 12.6. The highest BCUT2D eigenvalue weighted by atomic mass is 32.1. The number of hydrogen-bond acceptors (Lipinski definition) is 3. The Morgan fingerprint density at radius 2 is 2.00 bits per heavy atom. The van der Waals surface area contributed by atoms with Crippen LogP contribution in [-0.4, -0.2) is 41.2 Å². The fourth-order valence-corrected chi connectivity index (χ4v) is 2.33. The summed E-state index contributed by atoms with van der Waals surface area (Å²) in [4.78, 5) is 2.76. The van der Waals surface area contributed by atoms with Gasteiger partial charge >= 0.3 is 0 Å². The van der Waals surface area contributed by atoms with Gasteiger partial charge in [0.25, 0.3) is 0 Å². The second-order valence-electron chi connectivity index (χ2n) is 4.74. The summed E-state index contributed by atoms with van der Waals surface area (Å²) in [5.74, 6) is 0.0552. The van der Waals surface area contributed by atoms with Gasteiger partial charge in [0.15, 0.2) is 0 Å². The number of nitrogens with two attached hydrogens (primary N) is 1. The molecule has 3 N–H and O–H groups in total. The fraction of sp³-hybridized carbons (Fsp3) is 0.533. The molecule has 1 rings (SSSR count). The maximum absolute atomic E-state index is 9.15. The molecule has 1 atom stereocenters. The van der Waals surface area contributed by atoms with Crippen molar-refractivity contribution in [2.75, 3.05) is 26.2 Å². The Morgan fingerprint density at radius 1 is 1.32 bits per heavy atom. The van der Waals surface area contributed by atoms with Crippen LogP contribution in [0.3, 0.4) is 0 Å². The first kappa shape index (κ1) is 16.1. The van der Waals surface area contributed by atoms with Gasteiger partial charge in [0.2, 0.25) is 0 Å². The average molecular weight is 280 g/mol. The van der Waals surface area contributed by atoms with Gasteiger partial charge in [-0.25, -0.2) is 0 Å². The molecule has 0 fully saturated rings. The van der Waals surface area contributed by atoms with Crippen molar-refractivity contribution < 1.29 is 5.11 Å². The van der Waals surface area contributed by atoms with Crippen LogP contribution in [0.5, 0.6) is 0 Å². The third-order valence-corrected chi connectivity index (χ3v) is 3.51. The number of rotatable bonds is 9. The molecule has 1 aromatic rings. The van der Waals surface area contributed by atoms with Crippen molar-refractivity contribution in [3.8, 4) is 0 Å². The van der Waals surface area contributed by atoms with Gasteiger partial charge in [-0.3, -0.25) is 0 Å². The fourth-order valence-electron chi connectivity index (χ4n) is 2.12. The Labute approximate surface area is 121 Å². The summed E-state index contributed by atoms with van der Waals surface area (Å²) in [6.45, 7) is 4.76. The standard InChI is InChI=1S/C15H24N2OS/c1-2-3-9-17(10-11-18)12-14(15(16)19)13-7-5-4-6-8-13/h4-8,14,18H,2-3,9-12H2,1H3,(H2,16,19). The Bertz CT molecular complexity index is 370. The number of hydrogen-bond donors (Lipinski definition) is 2. The third kappa shape index (κ3) is 5.68. The highest BCUT2D eigenvalue weighted by Gasteiger charge is 2.18. The van der Waals surface area contributed by atoms with E-state index >= 15 is 0 Å². The molecular weight excluding hydrogens is 256 g/mol. The molecule has 0 saturated carbocycles. The van der Waals surface area contributed by atoms with Crippen LogP contribution in [0, 0.1) is 0 Å². The molecule has 4 heteroatoms. The smallest absolute Gasteiger partial charge is 0.0816 e. The maximum atomic E-state index is 9.15. The van der Waals surface area contributed by atoms with Crippen molar-refractivity contribution in [3.63, 3.8) is 0 Å². The van der Waals surface area contributed by atoms with Crippen molar-refractivity contribution in [3.05, 3.63) is 35.9 Å². The van der Waals surface area contributed by atoms with E-state index in [-0.39, 0.29) is 12.5 Å². The van der Waals surface area contributed by atoms with Crippen LogP contribution in [0.15, 0.2) is 30.3 Å². The zero-order valence-electron chi connectivity index (χ0n) is 11.6. The molecule has 0 aliphatic carbocycles. The molecule has 0 saturated heterocycles. The second kappa shape index (κ2) is 9.02. The van der Waals surface area contributed by atoms with Crippen molar-refractivity contribution in [2.24, 2.45) is 5.73 Å². The van der Waals surface area contributed by atoms with Crippen LogP contribution in [0.4, 0.5) is 0 Å². The SMILES string of the molecule is CCCCN(CCO)CC(C(N)=S)c1ccccc1. The van der Waals surface area contributed by atoms with E-state index in [0.717, 1.165) is 31.5 Å². The van der Waals surface area contributed by atoms with Gasteiger partial charge < -0.3 is 15.7 Å². The van der Waals surface area contributed by atoms with Gasteiger partial charge in [-0.05, 0) is 18.5 Å². The van der Waals surface area contributed by atoms with Crippen LogP contribution < -0.4 is 5.73 Å². The number of aliphatic hydroxyl groups is 1. The monoisotopic (exact) mass is 280 g/mol. The molecule has 0 amide bonds. The zero-order chi connectivity index (χ0) is 14.1. The van der Waals surface area contributed by atoms with Crippen LogP contribution >= 0.6 is 12.2 Å². The van der Waals surface area contributed by atoms with E-state index in [1.165, 1.54) is 0 Å². The molecule has 1 unspecified atom stereocenters. The highest BCUT2D eigenvalue weighted by Crippen LogP contribution is 2.17. The topological polar surface area (TPSA) is 49.5 Å². The predicted molar refractivity (Wildman–Crippen MR) is 84.4 cm³/mol. The van der Waals surface area contributed by atoms with Gasteiger partial charge in [-0.15, -0.1) is 0 Å². The highest BCUT2D eigenvalue weighted by molar-refractivity contribution is 7.80. The molecule has 3 nitrogen and oxygen atoms in total. The van der Waals surface area contributed by atoms with Crippen molar-refractivity contribution in [2.45, 2.75) is 25.7 Å². The second-order valence-corrected chi connectivity index (χ2v) is 5.21. The molecule has 0 aliphatic heterocycles. The van der Waals surface area contributed by atoms with Crippen LogP contribution in [0.25, 0.3) is 0 Å². The number of benzene rings is 1. The van der Waals surface area contributed by atoms with E-state index in [0.29, 0.717) is 11.5 Å². The van der Waals surface area contributed by atoms with Crippen LogP contribution in [0.1, 0.15) is 31.2 Å². The molecule has 0 aromatic heterocycles. The lowest BCUT2D eigenvalue weighted by atomic mass is 9.98. The summed E-state index contributed by atoms with van der Waals surface area (Å²) in [6, 6.07) is 10.1. The molecule has 0 heterocycles. The van der Waals surface area contributed by atoms with Crippen LogP contribution in [0.2, 0.25) is 0 Å². The Balaban J connectivity index is 2.73. The van der Waals surface area contributed by atoms with E-state index in [2.05, 4.69) is 24.0 Å². The average Bonchev–Trinajstić information content (AvgIpc) is 2.42. The van der Waals surface area contributed by atoms with Crippen molar-refractivity contribution >= 4 is 17.2 Å². The molecule has 19 heavy (non-hydrogen) atoms. The number of aliphatic hydroxyl groups excluding tert-OH is 1.